The SMILES string of the molecule is Cc1ccc(-c2c(-n3c4ccccc4c4ccccc43)c(C#N)c(-n3c4ccccc4c4c5c(c6c(c7ccccc7n6-c6ccccc6)c43)-c3ccccc3C5(C)C)c(C#N)c2-n2c3ccccc3c3ccccc32)cc1. The lowest BCUT2D eigenvalue weighted by molar-refractivity contribution is 0.667. The molecule has 1 aliphatic carbocycles. The molecule has 78 heavy (non-hydrogen) atoms. The number of benzene rings is 11. The molecule has 4 heterocycles. The first kappa shape index (κ1) is 43.9. The molecular weight excluding hydrogens is 949 g/mol. The van der Waals surface area contributed by atoms with Gasteiger partial charge in [0.05, 0.1) is 61.2 Å². The van der Waals surface area contributed by atoms with E-state index in [-0.39, 0.29) is 0 Å². The summed E-state index contributed by atoms with van der Waals surface area (Å²) in [5.41, 5.74) is 18.8. The van der Waals surface area contributed by atoms with Crippen molar-refractivity contribution in [3.05, 3.63) is 252 Å². The molecule has 0 atom stereocenters. The van der Waals surface area contributed by atoms with Gasteiger partial charge in [0.25, 0.3) is 0 Å². The van der Waals surface area contributed by atoms with Crippen LogP contribution in [0.2, 0.25) is 0 Å². The lowest BCUT2D eigenvalue weighted by atomic mass is 9.80. The van der Waals surface area contributed by atoms with Gasteiger partial charge in [-0.1, -0.05) is 195 Å². The van der Waals surface area contributed by atoms with E-state index in [4.69, 9.17) is 0 Å². The van der Waals surface area contributed by atoms with Gasteiger partial charge in [-0.05, 0) is 77.7 Å². The summed E-state index contributed by atoms with van der Waals surface area (Å²) in [5.74, 6) is 0. The summed E-state index contributed by atoms with van der Waals surface area (Å²) in [5, 5.41) is 33.9. The lowest BCUT2D eigenvalue weighted by Gasteiger charge is -2.27. The maximum Gasteiger partial charge on any atom is 0.104 e. The van der Waals surface area contributed by atoms with Crippen molar-refractivity contribution >= 4 is 87.2 Å². The number of hydrogen-bond acceptors (Lipinski definition) is 2. The van der Waals surface area contributed by atoms with Crippen LogP contribution in [0.5, 0.6) is 0 Å². The molecule has 0 radical (unpaired) electrons. The molecule has 0 saturated heterocycles. The molecule has 16 rings (SSSR count). The van der Waals surface area contributed by atoms with Gasteiger partial charge in [-0.2, -0.15) is 10.5 Å². The summed E-state index contributed by atoms with van der Waals surface area (Å²) in [7, 11) is 0. The molecule has 364 valence electrons. The Hall–Kier alpha value is -10.4. The molecule has 11 aromatic carbocycles. The third-order valence-corrected chi connectivity index (χ3v) is 17.0. The zero-order valence-electron chi connectivity index (χ0n) is 43.0. The van der Waals surface area contributed by atoms with Gasteiger partial charge in [0.1, 0.15) is 23.3 Å². The van der Waals surface area contributed by atoms with E-state index in [1.165, 1.54) is 22.3 Å². The number of aryl methyl sites for hydroxylation is 1. The Bertz CT molecular complexity index is 4940. The summed E-state index contributed by atoms with van der Waals surface area (Å²) in [6.45, 7) is 6.83. The highest BCUT2D eigenvalue weighted by Gasteiger charge is 2.42. The number of para-hydroxylation sites is 7. The van der Waals surface area contributed by atoms with E-state index in [1.807, 2.05) is 0 Å². The molecule has 0 unspecified atom stereocenters. The first-order valence-electron chi connectivity index (χ1n) is 26.7. The number of nitrogens with zero attached hydrogens (tertiary/aromatic N) is 6. The van der Waals surface area contributed by atoms with E-state index in [2.05, 4.69) is 276 Å². The molecule has 0 amide bonds. The molecule has 1 aliphatic rings. The zero-order chi connectivity index (χ0) is 52.1. The van der Waals surface area contributed by atoms with Crippen LogP contribution in [0.15, 0.2) is 224 Å². The Morgan fingerprint density at radius 3 is 1.27 bits per heavy atom. The second kappa shape index (κ2) is 16.1. The minimum Gasteiger partial charge on any atom is -0.309 e. The fourth-order valence-electron chi connectivity index (χ4n) is 13.9. The topological polar surface area (TPSA) is 67.3 Å². The van der Waals surface area contributed by atoms with Gasteiger partial charge in [-0.3, -0.25) is 0 Å². The highest BCUT2D eigenvalue weighted by molar-refractivity contribution is 6.32. The minimum absolute atomic E-state index is 0.392. The normalized spacial score (nSPS) is 12.9. The molecule has 0 aliphatic heterocycles. The molecule has 6 heteroatoms. The third-order valence-electron chi connectivity index (χ3n) is 17.0. The minimum atomic E-state index is -0.459. The second-order valence-corrected chi connectivity index (χ2v) is 21.4. The Morgan fingerprint density at radius 1 is 0.359 bits per heavy atom. The maximum atomic E-state index is 12.7. The van der Waals surface area contributed by atoms with Crippen molar-refractivity contribution in [2.24, 2.45) is 0 Å². The van der Waals surface area contributed by atoms with Crippen LogP contribution in [-0.4, -0.2) is 18.3 Å². The summed E-state index contributed by atoms with van der Waals surface area (Å²) >= 11 is 0. The van der Waals surface area contributed by atoms with Gasteiger partial charge >= 0.3 is 0 Å². The number of nitriles is 2. The first-order chi connectivity index (χ1) is 38.4. The van der Waals surface area contributed by atoms with Crippen molar-refractivity contribution in [1.29, 1.82) is 10.5 Å². The Labute approximate surface area is 449 Å². The van der Waals surface area contributed by atoms with Crippen molar-refractivity contribution < 1.29 is 0 Å². The first-order valence-corrected chi connectivity index (χ1v) is 26.7. The van der Waals surface area contributed by atoms with Crippen molar-refractivity contribution in [1.82, 2.24) is 18.3 Å². The second-order valence-electron chi connectivity index (χ2n) is 21.4. The molecule has 0 bridgehead atoms. The molecule has 15 aromatic rings. The van der Waals surface area contributed by atoms with Gasteiger partial charge in [0.15, 0.2) is 0 Å². The van der Waals surface area contributed by atoms with Crippen LogP contribution in [-0.2, 0) is 5.41 Å². The van der Waals surface area contributed by atoms with Gasteiger partial charge in [-0.25, -0.2) is 0 Å². The van der Waals surface area contributed by atoms with Crippen LogP contribution in [0.3, 0.4) is 0 Å². The summed E-state index contributed by atoms with van der Waals surface area (Å²) in [6.07, 6.45) is 0. The fourth-order valence-corrected chi connectivity index (χ4v) is 13.9. The lowest BCUT2D eigenvalue weighted by Crippen LogP contribution is -2.16. The van der Waals surface area contributed by atoms with Gasteiger partial charge in [-0.15, -0.1) is 0 Å². The monoisotopic (exact) mass is 994 g/mol. The van der Waals surface area contributed by atoms with Crippen molar-refractivity contribution in [3.8, 4) is 57.1 Å². The van der Waals surface area contributed by atoms with Crippen LogP contribution in [0.1, 0.15) is 41.7 Å². The van der Waals surface area contributed by atoms with E-state index in [0.717, 1.165) is 110 Å². The molecule has 6 nitrogen and oxygen atoms in total. The largest absolute Gasteiger partial charge is 0.309 e. The third kappa shape index (κ3) is 5.63. The molecule has 0 saturated carbocycles. The van der Waals surface area contributed by atoms with Crippen molar-refractivity contribution in [3.63, 3.8) is 0 Å². The smallest absolute Gasteiger partial charge is 0.104 e. The van der Waals surface area contributed by atoms with E-state index in [9.17, 15) is 10.5 Å². The van der Waals surface area contributed by atoms with E-state index in [0.29, 0.717) is 28.2 Å². The molecule has 0 fully saturated rings. The van der Waals surface area contributed by atoms with Crippen molar-refractivity contribution in [2.75, 3.05) is 0 Å². The highest BCUT2D eigenvalue weighted by Crippen LogP contribution is 2.59. The predicted molar refractivity (Wildman–Crippen MR) is 321 cm³/mol. The van der Waals surface area contributed by atoms with Crippen molar-refractivity contribution in [2.45, 2.75) is 26.2 Å². The summed E-state index contributed by atoms with van der Waals surface area (Å²) in [4.78, 5) is 0. The quantitative estimate of drug-likeness (QED) is 0.172. The van der Waals surface area contributed by atoms with Gasteiger partial charge < -0.3 is 18.3 Å². The van der Waals surface area contributed by atoms with E-state index >= 15 is 0 Å². The average Bonchev–Trinajstić information content (AvgIpc) is 4.41. The van der Waals surface area contributed by atoms with Gasteiger partial charge in [0, 0.05) is 65.3 Å². The Morgan fingerprint density at radius 2 is 0.769 bits per heavy atom. The van der Waals surface area contributed by atoms with E-state index < -0.39 is 5.41 Å². The molecule has 0 N–H and O–H groups in total. The number of aromatic nitrogens is 4. The fraction of sp³-hybridized carbons (Fsp3) is 0.0556. The average molecular weight is 995 g/mol. The van der Waals surface area contributed by atoms with Crippen LogP contribution < -0.4 is 0 Å². The van der Waals surface area contributed by atoms with Crippen LogP contribution >= 0.6 is 0 Å². The number of rotatable bonds is 5. The number of hydrogen-bond donors (Lipinski definition) is 0. The van der Waals surface area contributed by atoms with Gasteiger partial charge in [0.2, 0.25) is 0 Å². The Kier molecular flexibility index (Phi) is 9.05. The van der Waals surface area contributed by atoms with E-state index in [1.54, 1.807) is 0 Å². The highest BCUT2D eigenvalue weighted by atomic mass is 15.1. The Balaban J connectivity index is 1.24. The number of fused-ring (bicyclic) bond motifs is 18. The molecule has 0 spiro atoms. The zero-order valence-corrected chi connectivity index (χ0v) is 43.0. The standard InChI is InChI=1S/C72H46N6/c1-43-37-39-44(40-38-43)62-68(76-56-31-15-8-23-46(56)47-24-9-16-32-57(47)76)53(41-73)67(54(42-74)69(62)77-58-33-17-10-25-48(58)49-26-11-18-34-59(49)77)78-61-36-20-12-28-51(61)64-66-63(50-27-7-14-30-55(50)72(66,2)3)70-65(71(64)78)52-29-13-19-35-60(52)75(70)45-21-5-4-6-22-45/h4-40H,1-3H3. The predicted octanol–water partition coefficient (Wildman–Crippen LogP) is 18.1. The molecule has 4 aromatic heterocycles. The maximum absolute atomic E-state index is 12.7. The van der Waals surface area contributed by atoms with Crippen LogP contribution in [0.25, 0.3) is 132 Å². The van der Waals surface area contributed by atoms with Crippen LogP contribution in [0.4, 0.5) is 0 Å². The summed E-state index contributed by atoms with van der Waals surface area (Å²) < 4.78 is 9.40. The summed E-state index contributed by atoms with van der Waals surface area (Å²) in [6, 6.07) is 85.6. The van der Waals surface area contributed by atoms with Crippen LogP contribution in [0, 0.1) is 29.6 Å². The molecular formula is C72H46N6.